The number of aromatic hydroxyl groups is 1. The Labute approximate surface area is 85.8 Å². The molecule has 4 nitrogen and oxygen atoms in total. The molecule has 0 spiro atoms. The number of rotatable bonds is 2. The number of pyridine rings is 1. The van der Waals surface area contributed by atoms with E-state index in [1.165, 1.54) is 6.20 Å². The van der Waals surface area contributed by atoms with Crippen molar-refractivity contribution in [1.82, 2.24) is 4.98 Å². The van der Waals surface area contributed by atoms with Crippen molar-refractivity contribution in [2.45, 2.75) is 6.42 Å². The maximum atomic E-state index is 10.6. The van der Waals surface area contributed by atoms with E-state index in [1.54, 1.807) is 24.4 Å². The summed E-state index contributed by atoms with van der Waals surface area (Å²) in [6.07, 6.45) is 3.06. The average Bonchev–Trinajstić information content (AvgIpc) is 2.18. The van der Waals surface area contributed by atoms with Crippen LogP contribution in [0.2, 0.25) is 0 Å². The molecular weight excluding hydrogens is 194 g/mol. The largest absolute Gasteiger partial charge is 0.508 e. The van der Waals surface area contributed by atoms with Gasteiger partial charge in [0.05, 0.1) is 6.42 Å². The first kappa shape index (κ1) is 9.45. The number of aromatic nitrogens is 1. The zero-order chi connectivity index (χ0) is 10.8. The van der Waals surface area contributed by atoms with E-state index >= 15 is 0 Å². The average molecular weight is 203 g/mol. The highest BCUT2D eigenvalue weighted by molar-refractivity contribution is 5.88. The number of carboxylic acid groups (broad SMARTS) is 1. The number of fused-ring (bicyclic) bond motifs is 1. The fraction of sp³-hybridized carbons (Fsp3) is 0.0909. The topological polar surface area (TPSA) is 70.4 Å². The van der Waals surface area contributed by atoms with Gasteiger partial charge in [0, 0.05) is 17.8 Å². The molecule has 15 heavy (non-hydrogen) atoms. The lowest BCUT2D eigenvalue weighted by Gasteiger charge is -2.03. The Morgan fingerprint density at radius 1 is 1.33 bits per heavy atom. The molecule has 0 aliphatic carbocycles. The van der Waals surface area contributed by atoms with Crippen LogP contribution in [0.3, 0.4) is 0 Å². The minimum absolute atomic E-state index is 0.0895. The Hall–Kier alpha value is -2.10. The molecule has 1 aromatic carbocycles. The summed E-state index contributed by atoms with van der Waals surface area (Å²) in [4.78, 5) is 14.6. The highest BCUT2D eigenvalue weighted by Crippen LogP contribution is 2.22. The van der Waals surface area contributed by atoms with E-state index in [0.717, 1.165) is 10.8 Å². The molecule has 0 unspecified atom stereocenters. The van der Waals surface area contributed by atoms with Crippen LogP contribution in [-0.2, 0) is 11.2 Å². The number of hydrogen-bond acceptors (Lipinski definition) is 3. The van der Waals surface area contributed by atoms with Gasteiger partial charge in [-0.15, -0.1) is 0 Å². The van der Waals surface area contributed by atoms with E-state index in [-0.39, 0.29) is 12.2 Å². The fourth-order valence-electron chi connectivity index (χ4n) is 1.52. The summed E-state index contributed by atoms with van der Waals surface area (Å²) in [7, 11) is 0. The van der Waals surface area contributed by atoms with Gasteiger partial charge in [0.25, 0.3) is 0 Å². The first-order valence-electron chi connectivity index (χ1n) is 4.44. The number of nitrogens with zero attached hydrogens (tertiary/aromatic N) is 1. The smallest absolute Gasteiger partial charge is 0.307 e. The first-order chi connectivity index (χ1) is 7.16. The lowest BCUT2D eigenvalue weighted by Crippen LogP contribution is -2.01. The van der Waals surface area contributed by atoms with Crippen molar-refractivity contribution in [3.05, 3.63) is 36.2 Å². The van der Waals surface area contributed by atoms with Crippen LogP contribution in [0.5, 0.6) is 5.75 Å². The van der Waals surface area contributed by atoms with Crippen LogP contribution in [0.1, 0.15) is 5.56 Å². The molecule has 0 saturated heterocycles. The molecule has 2 rings (SSSR count). The van der Waals surface area contributed by atoms with E-state index in [2.05, 4.69) is 4.98 Å². The first-order valence-corrected chi connectivity index (χ1v) is 4.44. The lowest BCUT2D eigenvalue weighted by atomic mass is 10.1. The number of carbonyl (C=O) groups is 1. The summed E-state index contributed by atoms with van der Waals surface area (Å²) in [6, 6.07) is 4.81. The van der Waals surface area contributed by atoms with E-state index in [4.69, 9.17) is 5.11 Å². The zero-order valence-corrected chi connectivity index (χ0v) is 7.84. The van der Waals surface area contributed by atoms with Crippen molar-refractivity contribution in [3.63, 3.8) is 0 Å². The third-order valence-corrected chi connectivity index (χ3v) is 2.17. The van der Waals surface area contributed by atoms with Crippen molar-refractivity contribution >= 4 is 16.7 Å². The van der Waals surface area contributed by atoms with Gasteiger partial charge in [-0.2, -0.15) is 0 Å². The molecule has 1 aromatic heterocycles. The molecular formula is C11H9NO3. The second-order valence-electron chi connectivity index (χ2n) is 3.27. The van der Waals surface area contributed by atoms with E-state index in [0.29, 0.717) is 5.56 Å². The highest BCUT2D eigenvalue weighted by Gasteiger charge is 2.06. The normalized spacial score (nSPS) is 10.4. The molecule has 0 amide bonds. The zero-order valence-electron chi connectivity index (χ0n) is 7.84. The molecule has 0 fully saturated rings. The van der Waals surface area contributed by atoms with Crippen LogP contribution in [0.15, 0.2) is 30.6 Å². The summed E-state index contributed by atoms with van der Waals surface area (Å²) in [5.41, 5.74) is 0.607. The summed E-state index contributed by atoms with van der Waals surface area (Å²) >= 11 is 0. The molecule has 0 aliphatic rings. The molecule has 0 radical (unpaired) electrons. The van der Waals surface area contributed by atoms with Crippen molar-refractivity contribution < 1.29 is 15.0 Å². The predicted molar refractivity (Wildman–Crippen MR) is 54.7 cm³/mol. The minimum atomic E-state index is -0.910. The van der Waals surface area contributed by atoms with Gasteiger partial charge in [0.2, 0.25) is 0 Å². The summed E-state index contributed by atoms with van der Waals surface area (Å²) in [5.74, 6) is -0.784. The quantitative estimate of drug-likeness (QED) is 0.777. The Morgan fingerprint density at radius 3 is 2.87 bits per heavy atom. The Bertz CT molecular complexity index is 522. The summed E-state index contributed by atoms with van der Waals surface area (Å²) in [6.45, 7) is 0. The molecule has 0 aliphatic heterocycles. The Morgan fingerprint density at radius 2 is 2.13 bits per heavy atom. The SMILES string of the molecule is O=C(O)Cc1cncc2ccc(O)cc12. The van der Waals surface area contributed by atoms with Crippen LogP contribution in [0.25, 0.3) is 10.8 Å². The van der Waals surface area contributed by atoms with Gasteiger partial charge >= 0.3 is 5.97 Å². The maximum Gasteiger partial charge on any atom is 0.307 e. The lowest BCUT2D eigenvalue weighted by molar-refractivity contribution is -0.136. The van der Waals surface area contributed by atoms with Crippen LogP contribution in [0.4, 0.5) is 0 Å². The van der Waals surface area contributed by atoms with Crippen LogP contribution < -0.4 is 0 Å². The molecule has 4 heteroatoms. The van der Waals surface area contributed by atoms with Crippen molar-refractivity contribution in [1.29, 1.82) is 0 Å². The van der Waals surface area contributed by atoms with E-state index in [1.807, 2.05) is 0 Å². The van der Waals surface area contributed by atoms with Crippen LogP contribution in [0, 0.1) is 0 Å². The van der Waals surface area contributed by atoms with Crippen molar-refractivity contribution in [2.24, 2.45) is 0 Å². The minimum Gasteiger partial charge on any atom is -0.508 e. The molecule has 2 aromatic rings. The number of carboxylic acids is 1. The molecule has 0 bridgehead atoms. The summed E-state index contributed by atoms with van der Waals surface area (Å²) in [5, 5.41) is 19.6. The van der Waals surface area contributed by atoms with Crippen LogP contribution >= 0.6 is 0 Å². The van der Waals surface area contributed by atoms with Gasteiger partial charge in [0.15, 0.2) is 0 Å². The van der Waals surface area contributed by atoms with Gasteiger partial charge in [0.1, 0.15) is 5.75 Å². The molecule has 0 atom stereocenters. The van der Waals surface area contributed by atoms with Gasteiger partial charge in [-0.1, -0.05) is 0 Å². The number of phenolic OH excluding ortho intramolecular Hbond substituents is 1. The predicted octanol–water partition coefficient (Wildman–Crippen LogP) is 1.57. The Balaban J connectivity index is 2.63. The second-order valence-corrected chi connectivity index (χ2v) is 3.27. The molecule has 1 heterocycles. The van der Waals surface area contributed by atoms with E-state index < -0.39 is 5.97 Å². The van der Waals surface area contributed by atoms with Crippen molar-refractivity contribution in [2.75, 3.05) is 0 Å². The molecule has 2 N–H and O–H groups in total. The van der Waals surface area contributed by atoms with Gasteiger partial charge in [-0.3, -0.25) is 9.78 Å². The van der Waals surface area contributed by atoms with E-state index in [9.17, 15) is 9.90 Å². The number of phenols is 1. The number of benzene rings is 1. The number of aliphatic carboxylic acids is 1. The maximum absolute atomic E-state index is 10.6. The van der Waals surface area contributed by atoms with Gasteiger partial charge in [-0.05, 0) is 29.1 Å². The standard InChI is InChI=1S/C11H9NO3/c13-9-2-1-7-5-12-6-8(3-11(14)15)10(7)4-9/h1-2,4-6,13H,3H2,(H,14,15). The van der Waals surface area contributed by atoms with Crippen molar-refractivity contribution in [3.8, 4) is 5.75 Å². The van der Waals surface area contributed by atoms with Gasteiger partial charge < -0.3 is 10.2 Å². The Kier molecular flexibility index (Phi) is 2.25. The van der Waals surface area contributed by atoms with Crippen LogP contribution in [-0.4, -0.2) is 21.2 Å². The fourth-order valence-corrected chi connectivity index (χ4v) is 1.52. The third-order valence-electron chi connectivity index (χ3n) is 2.17. The van der Waals surface area contributed by atoms with Gasteiger partial charge in [-0.25, -0.2) is 0 Å². The molecule has 76 valence electrons. The monoisotopic (exact) mass is 203 g/mol. The summed E-state index contributed by atoms with van der Waals surface area (Å²) < 4.78 is 0. The molecule has 0 saturated carbocycles. The third kappa shape index (κ3) is 1.88. The second kappa shape index (κ2) is 3.57. The number of hydrogen-bond donors (Lipinski definition) is 2. The highest BCUT2D eigenvalue weighted by atomic mass is 16.4.